The first-order valence-electron chi connectivity index (χ1n) is 3.53. The van der Waals surface area contributed by atoms with E-state index in [2.05, 4.69) is 11.8 Å². The van der Waals surface area contributed by atoms with Gasteiger partial charge in [-0.2, -0.15) is 0 Å². The maximum Gasteiger partial charge on any atom is 0.0977 e. The Morgan fingerprint density at radius 1 is 1.33 bits per heavy atom. The summed E-state index contributed by atoms with van der Waals surface area (Å²) in [7, 11) is 0. The van der Waals surface area contributed by atoms with E-state index in [1.807, 2.05) is 0 Å². The Labute approximate surface area is 56.8 Å². The van der Waals surface area contributed by atoms with Crippen molar-refractivity contribution < 1.29 is 4.74 Å². The third kappa shape index (κ3) is 2.24. The normalized spacial score (nSPS) is 22.2. The van der Waals surface area contributed by atoms with Gasteiger partial charge in [-0.25, -0.2) is 0 Å². The molecule has 0 saturated carbocycles. The Kier molecular flexibility index (Phi) is 2.87. The zero-order chi connectivity index (χ0) is 6.53. The molecule has 0 N–H and O–H groups in total. The standard InChI is InChI=1S/C7H14NO/c1-2-3-8-4-6-9-7-5-8/h1-7H2/q+1. The summed E-state index contributed by atoms with van der Waals surface area (Å²) in [6, 6.07) is 0. The summed E-state index contributed by atoms with van der Waals surface area (Å²) in [6.45, 7) is 8.92. The Morgan fingerprint density at radius 3 is 2.56 bits per heavy atom. The lowest BCUT2D eigenvalue weighted by atomic mass is 10.4. The van der Waals surface area contributed by atoms with Gasteiger partial charge in [0.1, 0.15) is 0 Å². The van der Waals surface area contributed by atoms with Crippen molar-refractivity contribution in [3.63, 3.8) is 0 Å². The smallest absolute Gasteiger partial charge is 0.0977 e. The van der Waals surface area contributed by atoms with Crippen molar-refractivity contribution in [3.05, 3.63) is 6.92 Å². The fourth-order valence-corrected chi connectivity index (χ4v) is 1.05. The second-order valence-electron chi connectivity index (χ2n) is 2.31. The first kappa shape index (κ1) is 6.90. The lowest BCUT2D eigenvalue weighted by Crippen LogP contribution is -2.36. The van der Waals surface area contributed by atoms with Gasteiger partial charge in [-0.3, -0.25) is 4.90 Å². The van der Waals surface area contributed by atoms with Gasteiger partial charge in [0.15, 0.2) is 0 Å². The maximum absolute atomic E-state index is 5.18. The molecule has 0 amide bonds. The minimum atomic E-state index is 0.903. The van der Waals surface area contributed by atoms with Crippen molar-refractivity contribution in [1.29, 1.82) is 0 Å². The monoisotopic (exact) mass is 128 g/mol. The Morgan fingerprint density at radius 2 is 2.00 bits per heavy atom. The third-order valence-electron chi connectivity index (χ3n) is 1.58. The average Bonchev–Trinajstić information content (AvgIpc) is 1.91. The molecule has 1 aliphatic rings. The molecule has 1 rings (SSSR count). The van der Waals surface area contributed by atoms with E-state index in [0.29, 0.717) is 0 Å². The molecular weight excluding hydrogens is 114 g/mol. The summed E-state index contributed by atoms with van der Waals surface area (Å²) in [4.78, 5) is 2.39. The van der Waals surface area contributed by atoms with Gasteiger partial charge in [0.2, 0.25) is 0 Å². The van der Waals surface area contributed by atoms with Crippen LogP contribution in [-0.4, -0.2) is 37.7 Å². The molecule has 1 heterocycles. The second-order valence-corrected chi connectivity index (χ2v) is 2.31. The van der Waals surface area contributed by atoms with Crippen LogP contribution in [-0.2, 0) is 4.74 Å². The molecule has 2 heteroatoms. The zero-order valence-corrected chi connectivity index (χ0v) is 5.81. The van der Waals surface area contributed by atoms with E-state index in [4.69, 9.17) is 4.74 Å². The predicted molar refractivity (Wildman–Crippen MR) is 37.2 cm³/mol. The van der Waals surface area contributed by atoms with Crippen molar-refractivity contribution in [2.75, 3.05) is 32.8 Å². The van der Waals surface area contributed by atoms with Crippen LogP contribution in [0.3, 0.4) is 0 Å². The van der Waals surface area contributed by atoms with E-state index in [0.717, 1.165) is 39.3 Å². The Hall–Kier alpha value is -0.210. The highest BCUT2D eigenvalue weighted by Gasteiger charge is 2.08. The van der Waals surface area contributed by atoms with E-state index < -0.39 is 0 Å². The van der Waals surface area contributed by atoms with Crippen LogP contribution in [0.5, 0.6) is 0 Å². The quantitative estimate of drug-likeness (QED) is 0.503. The van der Waals surface area contributed by atoms with Gasteiger partial charge in [-0.05, 0) is 0 Å². The zero-order valence-electron chi connectivity index (χ0n) is 5.81. The predicted octanol–water partition coefficient (Wildman–Crippen LogP) is 0.543. The third-order valence-corrected chi connectivity index (χ3v) is 1.58. The molecule has 0 aromatic heterocycles. The van der Waals surface area contributed by atoms with Crippen LogP contribution >= 0.6 is 0 Å². The number of hydrogen-bond donors (Lipinski definition) is 0. The van der Waals surface area contributed by atoms with E-state index in [9.17, 15) is 0 Å². The SMILES string of the molecule is [CH2+]CCN1CCOCC1. The highest BCUT2D eigenvalue weighted by atomic mass is 16.5. The first-order chi connectivity index (χ1) is 4.43. The molecule has 0 bridgehead atoms. The number of nitrogens with zero attached hydrogens (tertiary/aromatic N) is 1. The fourth-order valence-electron chi connectivity index (χ4n) is 1.05. The van der Waals surface area contributed by atoms with E-state index >= 15 is 0 Å². The Bertz CT molecular complexity index is 66.6. The highest BCUT2D eigenvalue weighted by molar-refractivity contribution is 4.61. The second kappa shape index (κ2) is 3.75. The van der Waals surface area contributed by atoms with Crippen molar-refractivity contribution in [3.8, 4) is 0 Å². The minimum absolute atomic E-state index is 0.903. The maximum atomic E-state index is 5.18. The van der Waals surface area contributed by atoms with E-state index in [1.54, 1.807) is 0 Å². The number of hydrogen-bond acceptors (Lipinski definition) is 2. The van der Waals surface area contributed by atoms with Crippen molar-refractivity contribution >= 4 is 0 Å². The molecule has 0 aliphatic carbocycles. The molecule has 1 saturated heterocycles. The summed E-state index contributed by atoms with van der Waals surface area (Å²) in [6.07, 6.45) is 1.01. The summed E-state index contributed by atoms with van der Waals surface area (Å²) in [5.74, 6) is 0. The van der Waals surface area contributed by atoms with Gasteiger partial charge < -0.3 is 4.74 Å². The van der Waals surface area contributed by atoms with Gasteiger partial charge in [0.05, 0.1) is 26.6 Å². The molecule has 9 heavy (non-hydrogen) atoms. The number of ether oxygens (including phenoxy) is 1. The highest BCUT2D eigenvalue weighted by Crippen LogP contribution is 1.96. The summed E-state index contributed by atoms with van der Waals surface area (Å²) in [5.41, 5.74) is 0. The summed E-state index contributed by atoms with van der Waals surface area (Å²) >= 11 is 0. The molecule has 0 aromatic carbocycles. The van der Waals surface area contributed by atoms with Crippen LogP contribution in [0.4, 0.5) is 0 Å². The molecule has 52 valence electrons. The molecule has 1 fully saturated rings. The first-order valence-corrected chi connectivity index (χ1v) is 3.53. The molecule has 0 radical (unpaired) electrons. The van der Waals surface area contributed by atoms with Gasteiger partial charge in [-0.15, -0.1) is 0 Å². The van der Waals surface area contributed by atoms with Crippen molar-refractivity contribution in [2.45, 2.75) is 6.42 Å². The van der Waals surface area contributed by atoms with Gasteiger partial charge >= 0.3 is 0 Å². The average molecular weight is 128 g/mol. The molecule has 0 aromatic rings. The van der Waals surface area contributed by atoms with Gasteiger partial charge in [0.25, 0.3) is 0 Å². The summed E-state index contributed by atoms with van der Waals surface area (Å²) < 4.78 is 5.18. The number of rotatable bonds is 2. The van der Waals surface area contributed by atoms with Gasteiger partial charge in [0, 0.05) is 19.6 Å². The summed E-state index contributed by atoms with van der Waals surface area (Å²) in [5, 5.41) is 0. The van der Waals surface area contributed by atoms with Crippen molar-refractivity contribution in [2.24, 2.45) is 0 Å². The lowest BCUT2D eigenvalue weighted by Gasteiger charge is -2.24. The van der Waals surface area contributed by atoms with Crippen LogP contribution in [0.2, 0.25) is 0 Å². The van der Waals surface area contributed by atoms with Crippen LogP contribution in [0.1, 0.15) is 6.42 Å². The van der Waals surface area contributed by atoms with Crippen LogP contribution in [0.25, 0.3) is 0 Å². The Balaban J connectivity index is 2.08. The molecule has 0 atom stereocenters. The van der Waals surface area contributed by atoms with E-state index in [1.165, 1.54) is 0 Å². The lowest BCUT2D eigenvalue weighted by molar-refractivity contribution is 0.0387. The topological polar surface area (TPSA) is 12.5 Å². The van der Waals surface area contributed by atoms with Crippen LogP contribution in [0, 0.1) is 6.92 Å². The van der Waals surface area contributed by atoms with Gasteiger partial charge in [-0.1, -0.05) is 0 Å². The van der Waals surface area contributed by atoms with Crippen LogP contribution in [0.15, 0.2) is 0 Å². The molecule has 0 unspecified atom stereocenters. The molecule has 1 aliphatic heterocycles. The molecule has 0 spiro atoms. The molecule has 2 nitrogen and oxygen atoms in total. The largest absolute Gasteiger partial charge is 0.379 e. The molecular formula is C7H14NO+. The van der Waals surface area contributed by atoms with E-state index in [-0.39, 0.29) is 0 Å². The van der Waals surface area contributed by atoms with Crippen molar-refractivity contribution in [1.82, 2.24) is 4.90 Å². The minimum Gasteiger partial charge on any atom is -0.379 e. The van der Waals surface area contributed by atoms with Crippen LogP contribution < -0.4 is 0 Å². The fraction of sp³-hybridized carbons (Fsp3) is 0.857. The number of morpholine rings is 1.